The van der Waals surface area contributed by atoms with Crippen molar-refractivity contribution in [2.45, 2.75) is 13.8 Å². The predicted molar refractivity (Wildman–Crippen MR) is 75.5 cm³/mol. The van der Waals surface area contributed by atoms with Crippen molar-refractivity contribution < 1.29 is 19.8 Å². The van der Waals surface area contributed by atoms with Gasteiger partial charge in [0.2, 0.25) is 17.0 Å². The molecule has 0 unspecified atom stereocenters. The fraction of sp³-hybridized carbons (Fsp3) is 0.133. The highest BCUT2D eigenvalue weighted by atomic mass is 16.3. The molecule has 6 heteroatoms. The first-order valence-electron chi connectivity index (χ1n) is 6.22. The number of hydrogen-bond acceptors (Lipinski definition) is 5. The van der Waals surface area contributed by atoms with Crippen molar-refractivity contribution in [3.8, 4) is 5.75 Å². The maximum atomic E-state index is 12.4. The molecule has 1 aromatic heterocycles. The molecule has 0 spiro atoms. The van der Waals surface area contributed by atoms with Crippen molar-refractivity contribution in [2.75, 3.05) is 0 Å². The molecule has 0 bridgehead atoms. The molecule has 0 atom stereocenters. The van der Waals surface area contributed by atoms with Crippen LogP contribution in [0.25, 0.3) is 16.7 Å². The molecular weight excluding hydrogens is 274 g/mol. The van der Waals surface area contributed by atoms with Crippen LogP contribution in [0, 0.1) is 6.92 Å². The number of phenols is 1. The van der Waals surface area contributed by atoms with E-state index in [4.69, 9.17) is 0 Å². The molecule has 0 aliphatic heterocycles. The molecule has 0 radical (unpaired) electrons. The zero-order valence-corrected chi connectivity index (χ0v) is 11.3. The van der Waals surface area contributed by atoms with E-state index in [0.717, 1.165) is 0 Å². The number of aromatic hydroxyl groups is 1. The summed E-state index contributed by atoms with van der Waals surface area (Å²) in [6, 6.07) is 3.00. The lowest BCUT2D eigenvalue weighted by atomic mass is 9.91. The fourth-order valence-electron chi connectivity index (χ4n) is 2.42. The Kier molecular flexibility index (Phi) is 2.53. The van der Waals surface area contributed by atoms with Gasteiger partial charge in [-0.05, 0) is 25.5 Å². The molecule has 106 valence electrons. The van der Waals surface area contributed by atoms with E-state index in [-0.39, 0.29) is 33.5 Å². The molecule has 1 heterocycles. The van der Waals surface area contributed by atoms with Gasteiger partial charge in [0.25, 0.3) is 0 Å². The van der Waals surface area contributed by atoms with Crippen molar-refractivity contribution in [2.24, 2.45) is 0 Å². The number of nitrogens with one attached hydrogen (secondary N) is 1. The molecule has 3 N–H and O–H groups in total. The van der Waals surface area contributed by atoms with Crippen LogP contribution in [0.1, 0.15) is 28.5 Å². The first kappa shape index (κ1) is 13.1. The number of aromatic amines is 1. The van der Waals surface area contributed by atoms with Gasteiger partial charge in [-0.1, -0.05) is 6.07 Å². The van der Waals surface area contributed by atoms with E-state index in [1.807, 2.05) is 0 Å². The minimum absolute atomic E-state index is 0.0883. The second-order valence-electron chi connectivity index (χ2n) is 4.99. The number of carbonyl (C=O) groups is 2. The number of phenolic OH excluding ortho intramolecular Hbond substituents is 1. The fourth-order valence-corrected chi connectivity index (χ4v) is 2.42. The summed E-state index contributed by atoms with van der Waals surface area (Å²) >= 11 is 0. The number of ketones is 2. The van der Waals surface area contributed by atoms with Gasteiger partial charge in [-0.15, -0.1) is 0 Å². The third kappa shape index (κ3) is 1.56. The zero-order valence-electron chi connectivity index (χ0n) is 11.3. The summed E-state index contributed by atoms with van der Waals surface area (Å²) in [7, 11) is 0. The van der Waals surface area contributed by atoms with Crippen LogP contribution in [0.15, 0.2) is 22.5 Å². The minimum atomic E-state index is -0.955. The third-order valence-corrected chi connectivity index (χ3v) is 3.72. The topological polar surface area (TPSA) is 107 Å². The lowest BCUT2D eigenvalue weighted by molar-refractivity contribution is -0.111. The third-order valence-electron chi connectivity index (χ3n) is 3.72. The van der Waals surface area contributed by atoms with Crippen LogP contribution in [0.3, 0.4) is 0 Å². The summed E-state index contributed by atoms with van der Waals surface area (Å²) in [5.74, 6) is -2.44. The van der Waals surface area contributed by atoms with E-state index >= 15 is 0 Å². The molecular formula is C15H11NO5. The molecule has 3 rings (SSSR count). The predicted octanol–water partition coefficient (Wildman–Crippen LogP) is 1.60. The molecule has 21 heavy (non-hydrogen) atoms. The Morgan fingerprint density at radius 1 is 1.00 bits per heavy atom. The monoisotopic (exact) mass is 285 g/mol. The van der Waals surface area contributed by atoms with Crippen LogP contribution in [0.2, 0.25) is 0 Å². The number of pyridine rings is 1. The van der Waals surface area contributed by atoms with Gasteiger partial charge in [0.15, 0.2) is 0 Å². The molecule has 2 aromatic rings. The van der Waals surface area contributed by atoms with Crippen LogP contribution in [-0.2, 0) is 4.79 Å². The van der Waals surface area contributed by atoms with Gasteiger partial charge in [0, 0.05) is 5.57 Å². The van der Waals surface area contributed by atoms with Crippen molar-refractivity contribution >= 4 is 28.2 Å². The Morgan fingerprint density at radius 3 is 2.33 bits per heavy atom. The molecule has 0 saturated heterocycles. The number of hydrogen-bond donors (Lipinski definition) is 3. The number of aliphatic hydroxyl groups excluding tert-OH is 1. The van der Waals surface area contributed by atoms with Crippen LogP contribution in [-0.4, -0.2) is 26.8 Å². The maximum absolute atomic E-state index is 12.4. The van der Waals surface area contributed by atoms with Gasteiger partial charge in [-0.3, -0.25) is 14.4 Å². The number of Topliss-reactive ketones (excluding diaryl/α,β-unsaturated/α-hetero) is 2. The number of benzene rings is 1. The van der Waals surface area contributed by atoms with Crippen molar-refractivity contribution in [3.63, 3.8) is 0 Å². The highest BCUT2D eigenvalue weighted by Gasteiger charge is 2.34. The Balaban J connectivity index is 2.57. The van der Waals surface area contributed by atoms with Crippen LogP contribution < -0.4 is 5.43 Å². The average molecular weight is 285 g/mol. The summed E-state index contributed by atoms with van der Waals surface area (Å²) in [6.07, 6.45) is 0. The van der Waals surface area contributed by atoms with Crippen LogP contribution in [0.5, 0.6) is 5.75 Å². The molecule has 1 aliphatic rings. The van der Waals surface area contributed by atoms with E-state index in [0.29, 0.717) is 5.56 Å². The number of aliphatic hydroxyl groups is 1. The van der Waals surface area contributed by atoms with Crippen LogP contribution in [0.4, 0.5) is 0 Å². The number of allylic oxidation sites excluding steroid dienone is 1. The zero-order chi connectivity index (χ0) is 15.5. The first-order valence-corrected chi connectivity index (χ1v) is 6.22. The summed E-state index contributed by atoms with van der Waals surface area (Å²) in [6.45, 7) is 2.96. The van der Waals surface area contributed by atoms with Crippen molar-refractivity contribution in [3.05, 3.63) is 44.7 Å². The molecule has 1 aliphatic carbocycles. The Labute approximate surface area is 118 Å². The van der Waals surface area contributed by atoms with Crippen LogP contribution >= 0.6 is 0 Å². The Hall–Kier alpha value is -2.89. The van der Waals surface area contributed by atoms with E-state index in [1.165, 1.54) is 19.1 Å². The summed E-state index contributed by atoms with van der Waals surface area (Å²) < 4.78 is 0. The highest BCUT2D eigenvalue weighted by molar-refractivity contribution is 6.52. The smallest absolute Gasteiger partial charge is 0.239 e. The van der Waals surface area contributed by atoms with Gasteiger partial charge >= 0.3 is 0 Å². The number of aromatic nitrogens is 1. The maximum Gasteiger partial charge on any atom is 0.239 e. The van der Waals surface area contributed by atoms with Gasteiger partial charge in [-0.25, -0.2) is 0 Å². The average Bonchev–Trinajstić information content (AvgIpc) is 2.46. The van der Waals surface area contributed by atoms with Gasteiger partial charge < -0.3 is 15.2 Å². The largest absolute Gasteiger partial charge is 0.505 e. The minimum Gasteiger partial charge on any atom is -0.505 e. The Morgan fingerprint density at radius 2 is 1.67 bits per heavy atom. The lowest BCUT2D eigenvalue weighted by Gasteiger charge is -2.16. The molecule has 6 nitrogen and oxygen atoms in total. The van der Waals surface area contributed by atoms with Gasteiger partial charge in [0.05, 0.1) is 16.6 Å². The number of H-pyrrole nitrogens is 1. The van der Waals surface area contributed by atoms with Crippen molar-refractivity contribution in [1.82, 2.24) is 4.98 Å². The number of aryl methyl sites for hydroxylation is 1. The highest BCUT2D eigenvalue weighted by Crippen LogP contribution is 2.30. The summed E-state index contributed by atoms with van der Waals surface area (Å²) in [5.41, 5.74) is -0.674. The SMILES string of the molecule is CC1=C(O)c2[nH]c3c(O)c(C)ccc3c(=O)c2C(=O)C1=O. The van der Waals surface area contributed by atoms with Crippen molar-refractivity contribution in [1.29, 1.82) is 0 Å². The second kappa shape index (κ2) is 4.05. The number of fused-ring (bicyclic) bond motifs is 2. The molecule has 1 aromatic carbocycles. The summed E-state index contributed by atoms with van der Waals surface area (Å²) in [5, 5.41) is 20.1. The first-order chi connectivity index (χ1) is 9.84. The van der Waals surface area contributed by atoms with Gasteiger partial charge in [0.1, 0.15) is 17.1 Å². The lowest BCUT2D eigenvalue weighted by Crippen LogP contribution is -2.30. The molecule has 0 amide bonds. The number of carbonyl (C=O) groups excluding carboxylic acids is 2. The molecule has 0 fully saturated rings. The standard InChI is InChI=1S/C15H11NO5/c1-5-3-4-7-9(11(5)17)16-10-8(14(7)20)15(21)13(19)6(2)12(10)18/h3-4,17-18H,1-2H3,(H,16,20). The van der Waals surface area contributed by atoms with E-state index < -0.39 is 22.8 Å². The quantitative estimate of drug-likeness (QED) is 0.637. The van der Waals surface area contributed by atoms with E-state index in [2.05, 4.69) is 4.98 Å². The van der Waals surface area contributed by atoms with Gasteiger partial charge in [-0.2, -0.15) is 0 Å². The summed E-state index contributed by atoms with van der Waals surface area (Å²) in [4.78, 5) is 38.9. The second-order valence-corrected chi connectivity index (χ2v) is 4.99. The Bertz CT molecular complexity index is 933. The normalized spacial score (nSPS) is 14.8. The molecule has 0 saturated carbocycles. The van der Waals surface area contributed by atoms with E-state index in [1.54, 1.807) is 6.92 Å². The number of rotatable bonds is 0. The van der Waals surface area contributed by atoms with E-state index in [9.17, 15) is 24.6 Å².